The molecule has 0 aromatic carbocycles. The van der Waals surface area contributed by atoms with Crippen LogP contribution in [-0.2, 0) is 28.6 Å². The molecule has 0 bridgehead atoms. The van der Waals surface area contributed by atoms with Crippen LogP contribution in [0.15, 0.2) is 24.3 Å². The first-order valence-corrected chi connectivity index (χ1v) is 26.3. The summed E-state index contributed by atoms with van der Waals surface area (Å²) in [5, 5.41) is 0. The van der Waals surface area contributed by atoms with Gasteiger partial charge in [-0.1, -0.05) is 238 Å². The van der Waals surface area contributed by atoms with E-state index in [1.807, 2.05) is 0 Å². The quantitative estimate of drug-likeness (QED) is 0.0263. The van der Waals surface area contributed by atoms with Gasteiger partial charge in [-0.15, -0.1) is 0 Å². The van der Waals surface area contributed by atoms with Crippen LogP contribution in [0.1, 0.15) is 284 Å². The monoisotopic (exact) mass is 845 g/mol. The van der Waals surface area contributed by atoms with Crippen LogP contribution in [0.25, 0.3) is 0 Å². The zero-order chi connectivity index (χ0) is 43.7. The summed E-state index contributed by atoms with van der Waals surface area (Å²) in [5.74, 6) is -0.867. The van der Waals surface area contributed by atoms with Crippen molar-refractivity contribution in [2.45, 2.75) is 290 Å². The molecule has 0 heterocycles. The lowest BCUT2D eigenvalue weighted by molar-refractivity contribution is -0.167. The number of esters is 3. The molecule has 0 aliphatic heterocycles. The second kappa shape index (κ2) is 49.5. The van der Waals surface area contributed by atoms with Crippen LogP contribution in [0.4, 0.5) is 0 Å². The number of hydrogen-bond donors (Lipinski definition) is 0. The fraction of sp³-hybridized carbons (Fsp3) is 0.870. The second-order valence-electron chi connectivity index (χ2n) is 17.8. The van der Waals surface area contributed by atoms with Crippen molar-refractivity contribution in [3.8, 4) is 0 Å². The number of carbonyl (C=O) groups excluding carboxylic acids is 3. The van der Waals surface area contributed by atoms with Crippen molar-refractivity contribution in [2.24, 2.45) is 0 Å². The molecular formula is C54H100O6. The molecule has 0 aliphatic carbocycles. The third kappa shape index (κ3) is 46.9. The van der Waals surface area contributed by atoms with Crippen molar-refractivity contribution in [1.29, 1.82) is 0 Å². The fourth-order valence-electron chi connectivity index (χ4n) is 7.71. The molecule has 0 aromatic heterocycles. The molecule has 60 heavy (non-hydrogen) atoms. The molecule has 1 unspecified atom stereocenters. The number of allylic oxidation sites excluding steroid dienone is 4. The minimum absolute atomic E-state index is 0.0683. The fourth-order valence-corrected chi connectivity index (χ4v) is 7.71. The van der Waals surface area contributed by atoms with E-state index in [1.54, 1.807) is 0 Å². The molecule has 0 saturated carbocycles. The molecule has 0 N–H and O–H groups in total. The van der Waals surface area contributed by atoms with E-state index < -0.39 is 6.10 Å². The van der Waals surface area contributed by atoms with Gasteiger partial charge in [-0.2, -0.15) is 0 Å². The first kappa shape index (κ1) is 57.9. The number of ether oxygens (including phenoxy) is 3. The molecule has 1 atom stereocenters. The van der Waals surface area contributed by atoms with Gasteiger partial charge >= 0.3 is 17.9 Å². The average Bonchev–Trinajstić information content (AvgIpc) is 3.24. The summed E-state index contributed by atoms with van der Waals surface area (Å²) in [6.07, 6.45) is 56.2. The predicted molar refractivity (Wildman–Crippen MR) is 256 cm³/mol. The molecular weight excluding hydrogens is 745 g/mol. The lowest BCUT2D eigenvalue weighted by Gasteiger charge is -2.18. The Morgan fingerprint density at radius 2 is 0.600 bits per heavy atom. The molecule has 0 aliphatic rings. The number of carbonyl (C=O) groups is 3. The van der Waals surface area contributed by atoms with E-state index in [0.717, 1.165) is 64.2 Å². The van der Waals surface area contributed by atoms with Gasteiger partial charge in [0.2, 0.25) is 0 Å². The first-order valence-electron chi connectivity index (χ1n) is 26.3. The Bertz CT molecular complexity index is 973. The first-order chi connectivity index (χ1) is 29.5. The molecule has 6 heteroatoms. The average molecular weight is 845 g/mol. The molecule has 0 amide bonds. The Hall–Kier alpha value is -2.11. The smallest absolute Gasteiger partial charge is 0.306 e. The van der Waals surface area contributed by atoms with Crippen molar-refractivity contribution in [2.75, 3.05) is 13.2 Å². The van der Waals surface area contributed by atoms with Crippen molar-refractivity contribution in [1.82, 2.24) is 0 Å². The van der Waals surface area contributed by atoms with Crippen molar-refractivity contribution in [3.05, 3.63) is 24.3 Å². The lowest BCUT2D eigenvalue weighted by Crippen LogP contribution is -2.30. The molecule has 0 aromatic rings. The van der Waals surface area contributed by atoms with Gasteiger partial charge in [0.15, 0.2) is 6.10 Å². The Morgan fingerprint density at radius 1 is 0.333 bits per heavy atom. The highest BCUT2D eigenvalue weighted by Gasteiger charge is 2.19. The minimum atomic E-state index is -0.763. The van der Waals surface area contributed by atoms with Crippen LogP contribution in [0.2, 0.25) is 0 Å². The molecule has 0 fully saturated rings. The van der Waals surface area contributed by atoms with Gasteiger partial charge in [-0.25, -0.2) is 0 Å². The Kier molecular flexibility index (Phi) is 47.8. The van der Waals surface area contributed by atoms with E-state index in [4.69, 9.17) is 14.2 Å². The van der Waals surface area contributed by atoms with E-state index in [-0.39, 0.29) is 31.1 Å². The van der Waals surface area contributed by atoms with Crippen LogP contribution >= 0.6 is 0 Å². The summed E-state index contributed by atoms with van der Waals surface area (Å²) >= 11 is 0. The van der Waals surface area contributed by atoms with E-state index in [2.05, 4.69) is 45.1 Å². The van der Waals surface area contributed by atoms with Gasteiger partial charge in [0.25, 0.3) is 0 Å². The van der Waals surface area contributed by atoms with Crippen LogP contribution in [0.5, 0.6) is 0 Å². The SMILES string of the molecule is CCCCCCC/C=C\C/C=C\CCCCCCCCCCCCCC(=O)OCC(COC(=O)CCCCCCCC)OC(=O)CCCCCCCCCCCCCCC. The zero-order valence-electron chi connectivity index (χ0n) is 40.2. The molecule has 0 saturated heterocycles. The summed E-state index contributed by atoms with van der Waals surface area (Å²) < 4.78 is 16.7. The standard InChI is InChI=1S/C54H100O6/c1-4-7-10-13-16-18-20-22-23-24-25-26-27-28-29-30-31-33-34-36-38-41-44-47-53(56)59-50-51(49-58-52(55)46-43-40-15-12-9-6-3)60-54(57)48-45-42-39-37-35-32-21-19-17-14-11-8-5-2/h20,22,24-25,51H,4-19,21,23,26-50H2,1-3H3/b22-20-,25-24-. The van der Waals surface area contributed by atoms with Gasteiger partial charge in [0, 0.05) is 19.3 Å². The van der Waals surface area contributed by atoms with Crippen molar-refractivity contribution < 1.29 is 28.6 Å². The summed E-state index contributed by atoms with van der Waals surface area (Å²) in [7, 11) is 0. The molecule has 6 nitrogen and oxygen atoms in total. The number of rotatable bonds is 48. The minimum Gasteiger partial charge on any atom is -0.462 e. The van der Waals surface area contributed by atoms with Crippen molar-refractivity contribution >= 4 is 17.9 Å². The van der Waals surface area contributed by atoms with E-state index in [9.17, 15) is 14.4 Å². The number of hydrogen-bond acceptors (Lipinski definition) is 6. The van der Waals surface area contributed by atoms with Crippen LogP contribution in [0.3, 0.4) is 0 Å². The predicted octanol–water partition coefficient (Wildman–Crippen LogP) is 17.2. The highest BCUT2D eigenvalue weighted by molar-refractivity contribution is 5.71. The second-order valence-corrected chi connectivity index (χ2v) is 17.8. The third-order valence-corrected chi connectivity index (χ3v) is 11.7. The van der Waals surface area contributed by atoms with Crippen LogP contribution in [-0.4, -0.2) is 37.2 Å². The van der Waals surface area contributed by atoms with E-state index >= 15 is 0 Å². The molecule has 0 rings (SSSR count). The summed E-state index contributed by atoms with van der Waals surface area (Å²) in [6, 6.07) is 0. The summed E-state index contributed by atoms with van der Waals surface area (Å²) in [6.45, 7) is 6.59. The van der Waals surface area contributed by atoms with Crippen LogP contribution < -0.4 is 0 Å². The number of unbranched alkanes of at least 4 members (excludes halogenated alkanes) is 33. The van der Waals surface area contributed by atoms with Gasteiger partial charge in [-0.05, 0) is 51.4 Å². The van der Waals surface area contributed by atoms with Gasteiger partial charge in [0.05, 0.1) is 0 Å². The van der Waals surface area contributed by atoms with Crippen molar-refractivity contribution in [3.63, 3.8) is 0 Å². The van der Waals surface area contributed by atoms with Crippen LogP contribution in [0, 0.1) is 0 Å². The molecule has 0 radical (unpaired) electrons. The maximum Gasteiger partial charge on any atom is 0.306 e. The highest BCUT2D eigenvalue weighted by Crippen LogP contribution is 2.16. The Balaban J connectivity index is 4.10. The van der Waals surface area contributed by atoms with Gasteiger partial charge in [0.1, 0.15) is 13.2 Å². The maximum absolute atomic E-state index is 12.7. The molecule has 352 valence electrons. The van der Waals surface area contributed by atoms with Gasteiger partial charge in [-0.3, -0.25) is 14.4 Å². The maximum atomic E-state index is 12.7. The Labute approximate surface area is 373 Å². The zero-order valence-corrected chi connectivity index (χ0v) is 40.2. The largest absolute Gasteiger partial charge is 0.462 e. The normalized spacial score (nSPS) is 12.1. The summed E-state index contributed by atoms with van der Waals surface area (Å²) in [4.78, 5) is 37.7. The highest BCUT2D eigenvalue weighted by atomic mass is 16.6. The molecule has 0 spiro atoms. The lowest BCUT2D eigenvalue weighted by atomic mass is 10.0. The van der Waals surface area contributed by atoms with Gasteiger partial charge < -0.3 is 14.2 Å². The Morgan fingerprint density at radius 3 is 0.917 bits per heavy atom. The van der Waals surface area contributed by atoms with E-state index in [0.29, 0.717) is 19.3 Å². The van der Waals surface area contributed by atoms with E-state index in [1.165, 1.54) is 180 Å². The third-order valence-electron chi connectivity index (χ3n) is 11.7. The topological polar surface area (TPSA) is 78.9 Å². The summed E-state index contributed by atoms with van der Waals surface area (Å²) in [5.41, 5.74) is 0.